The molecule has 0 aliphatic heterocycles. The second kappa shape index (κ2) is 7.59. The number of aromatic nitrogens is 6. The molecular formula is C23H23N7. The Labute approximate surface area is 174 Å². The van der Waals surface area contributed by atoms with Crippen LogP contribution in [-0.2, 0) is 0 Å². The third-order valence-electron chi connectivity index (χ3n) is 5.42. The van der Waals surface area contributed by atoms with E-state index in [1.165, 1.54) is 5.56 Å². The van der Waals surface area contributed by atoms with Crippen molar-refractivity contribution in [1.29, 1.82) is 0 Å². The molecule has 7 nitrogen and oxygen atoms in total. The highest BCUT2D eigenvalue weighted by Gasteiger charge is 2.21. The minimum atomic E-state index is -0.0990. The van der Waals surface area contributed by atoms with Crippen LogP contribution in [0.25, 0.3) is 22.1 Å². The maximum absolute atomic E-state index is 4.46. The summed E-state index contributed by atoms with van der Waals surface area (Å²) in [5.74, 6) is 0. The summed E-state index contributed by atoms with van der Waals surface area (Å²) in [4.78, 5) is 0. The number of hydrogen-bond acceptors (Lipinski definition) is 5. The monoisotopic (exact) mass is 397 g/mol. The Morgan fingerprint density at radius 1 is 0.767 bits per heavy atom. The fourth-order valence-electron chi connectivity index (χ4n) is 3.81. The molecule has 2 unspecified atom stereocenters. The smallest absolute Gasteiger partial charge is 0.125 e. The lowest BCUT2D eigenvalue weighted by Crippen LogP contribution is -2.23. The van der Waals surface area contributed by atoms with Gasteiger partial charge in [0.05, 0.1) is 17.1 Å². The van der Waals surface area contributed by atoms with Gasteiger partial charge in [0, 0.05) is 12.1 Å². The van der Waals surface area contributed by atoms with E-state index in [2.05, 4.69) is 76.2 Å². The maximum Gasteiger partial charge on any atom is 0.125 e. The molecule has 150 valence electrons. The number of nitrogens with one attached hydrogen (secondary N) is 1. The summed E-state index contributed by atoms with van der Waals surface area (Å²) in [7, 11) is 0. The number of nitrogens with zero attached hydrogens (tertiary/aromatic N) is 6. The highest BCUT2D eigenvalue weighted by molar-refractivity contribution is 5.74. The molecule has 2 aromatic heterocycles. The normalized spacial score (nSPS) is 13.5. The number of fused-ring (bicyclic) bond motifs is 2. The van der Waals surface area contributed by atoms with Gasteiger partial charge in [-0.1, -0.05) is 52.4 Å². The number of benzene rings is 3. The van der Waals surface area contributed by atoms with Crippen molar-refractivity contribution in [2.75, 3.05) is 5.32 Å². The topological polar surface area (TPSA) is 73.5 Å². The zero-order valence-electron chi connectivity index (χ0n) is 17.0. The minimum Gasteiger partial charge on any atom is -0.364 e. The number of hydrogen-bond donors (Lipinski definition) is 1. The van der Waals surface area contributed by atoms with Gasteiger partial charge in [-0.25, -0.2) is 9.36 Å². The van der Waals surface area contributed by atoms with Crippen LogP contribution < -0.4 is 5.32 Å². The molecule has 0 amide bonds. The molecule has 5 aromatic rings. The molecule has 0 saturated heterocycles. The summed E-state index contributed by atoms with van der Waals surface area (Å²) >= 11 is 0. The van der Waals surface area contributed by atoms with Gasteiger partial charge in [-0.2, -0.15) is 0 Å². The maximum atomic E-state index is 4.46. The summed E-state index contributed by atoms with van der Waals surface area (Å²) in [6, 6.07) is 24.6. The van der Waals surface area contributed by atoms with Crippen molar-refractivity contribution >= 4 is 27.8 Å². The number of rotatable bonds is 6. The van der Waals surface area contributed by atoms with Gasteiger partial charge in [0.2, 0.25) is 0 Å². The molecule has 2 atom stereocenters. The van der Waals surface area contributed by atoms with Crippen LogP contribution in [0.15, 0.2) is 72.8 Å². The Hall–Kier alpha value is -3.74. The van der Waals surface area contributed by atoms with E-state index in [4.69, 9.17) is 0 Å². The molecular weight excluding hydrogens is 374 g/mol. The van der Waals surface area contributed by atoms with Gasteiger partial charge >= 0.3 is 0 Å². The Morgan fingerprint density at radius 2 is 1.33 bits per heavy atom. The van der Waals surface area contributed by atoms with Crippen molar-refractivity contribution in [3.63, 3.8) is 0 Å². The van der Waals surface area contributed by atoms with E-state index >= 15 is 0 Å². The lowest BCUT2D eigenvalue weighted by atomic mass is 10.1. The van der Waals surface area contributed by atoms with Crippen LogP contribution in [0.2, 0.25) is 0 Å². The van der Waals surface area contributed by atoms with Crippen molar-refractivity contribution in [3.8, 4) is 0 Å². The lowest BCUT2D eigenvalue weighted by molar-refractivity contribution is 0.367. The SMILES string of the molecule is Cc1ccc(NC(CC(C)n2nnc3ccccc32)n2nnc3ccccc32)cc1. The molecule has 0 saturated carbocycles. The first-order valence-corrected chi connectivity index (χ1v) is 10.1. The third kappa shape index (κ3) is 3.39. The average molecular weight is 397 g/mol. The number of anilines is 1. The zero-order valence-corrected chi connectivity index (χ0v) is 17.0. The Bertz CT molecular complexity index is 1290. The van der Waals surface area contributed by atoms with Crippen molar-refractivity contribution in [2.45, 2.75) is 32.5 Å². The van der Waals surface area contributed by atoms with Crippen LogP contribution in [0.3, 0.4) is 0 Å². The van der Waals surface area contributed by atoms with Crippen molar-refractivity contribution < 1.29 is 0 Å². The predicted molar refractivity (Wildman–Crippen MR) is 118 cm³/mol. The van der Waals surface area contributed by atoms with Crippen LogP contribution >= 0.6 is 0 Å². The molecule has 0 aliphatic rings. The van der Waals surface area contributed by atoms with Crippen LogP contribution in [0.4, 0.5) is 5.69 Å². The van der Waals surface area contributed by atoms with Gasteiger partial charge < -0.3 is 5.32 Å². The van der Waals surface area contributed by atoms with E-state index in [1.54, 1.807) is 0 Å². The summed E-state index contributed by atoms with van der Waals surface area (Å²) in [5, 5.41) is 21.2. The molecule has 0 radical (unpaired) electrons. The van der Waals surface area contributed by atoms with Crippen molar-refractivity contribution in [2.24, 2.45) is 0 Å². The first-order valence-electron chi connectivity index (χ1n) is 10.1. The van der Waals surface area contributed by atoms with Gasteiger partial charge in [-0.3, -0.25) is 0 Å². The standard InChI is InChI=1S/C23H23N7/c1-16-11-13-18(14-12-16)24-23(30-22-10-6-4-8-20(22)26-28-30)15-17(2)29-21-9-5-3-7-19(21)25-27-29/h3-14,17,23-24H,15H2,1-2H3. The third-order valence-corrected chi connectivity index (χ3v) is 5.42. The number of para-hydroxylation sites is 2. The second-order valence-electron chi connectivity index (χ2n) is 7.66. The molecule has 3 aromatic carbocycles. The van der Waals surface area contributed by atoms with Crippen LogP contribution in [0.1, 0.15) is 31.1 Å². The summed E-state index contributed by atoms with van der Waals surface area (Å²) in [6.45, 7) is 4.24. The molecule has 7 heteroatoms. The van der Waals surface area contributed by atoms with E-state index in [0.717, 1.165) is 34.2 Å². The van der Waals surface area contributed by atoms with Gasteiger partial charge in [-0.15, -0.1) is 10.2 Å². The Balaban J connectivity index is 1.51. The second-order valence-corrected chi connectivity index (χ2v) is 7.66. The molecule has 2 heterocycles. The highest BCUT2D eigenvalue weighted by Crippen LogP contribution is 2.27. The van der Waals surface area contributed by atoms with Crippen LogP contribution in [-0.4, -0.2) is 30.0 Å². The zero-order chi connectivity index (χ0) is 20.5. The summed E-state index contributed by atoms with van der Waals surface area (Å²) in [6.07, 6.45) is 0.660. The number of aryl methyl sites for hydroxylation is 1. The van der Waals surface area contributed by atoms with Crippen molar-refractivity contribution in [3.05, 3.63) is 78.4 Å². The molecule has 0 spiro atoms. The minimum absolute atomic E-state index is 0.0990. The average Bonchev–Trinajstić information content (AvgIpc) is 3.39. The highest BCUT2D eigenvalue weighted by atomic mass is 15.5. The quantitative estimate of drug-likeness (QED) is 0.448. The molecule has 0 aliphatic carbocycles. The first kappa shape index (κ1) is 18.3. The molecule has 30 heavy (non-hydrogen) atoms. The van der Waals surface area contributed by atoms with E-state index in [9.17, 15) is 0 Å². The van der Waals surface area contributed by atoms with E-state index in [-0.39, 0.29) is 12.2 Å². The molecule has 0 fully saturated rings. The predicted octanol–water partition coefficient (Wildman–Crippen LogP) is 4.75. The Kier molecular flexibility index (Phi) is 4.63. The lowest BCUT2D eigenvalue weighted by Gasteiger charge is -2.24. The largest absolute Gasteiger partial charge is 0.364 e. The van der Waals surface area contributed by atoms with Gasteiger partial charge in [-0.05, 0) is 50.2 Å². The molecule has 5 rings (SSSR count). The van der Waals surface area contributed by atoms with E-state index in [1.807, 2.05) is 45.8 Å². The van der Waals surface area contributed by atoms with Gasteiger partial charge in [0.15, 0.2) is 0 Å². The Morgan fingerprint density at radius 3 is 2.00 bits per heavy atom. The van der Waals surface area contributed by atoms with E-state index < -0.39 is 0 Å². The van der Waals surface area contributed by atoms with Crippen molar-refractivity contribution in [1.82, 2.24) is 30.0 Å². The summed E-state index contributed by atoms with van der Waals surface area (Å²) in [5.41, 5.74) is 6.08. The van der Waals surface area contributed by atoms with Gasteiger partial charge in [0.25, 0.3) is 0 Å². The van der Waals surface area contributed by atoms with Crippen LogP contribution in [0.5, 0.6) is 0 Å². The first-order chi connectivity index (χ1) is 14.7. The fourth-order valence-corrected chi connectivity index (χ4v) is 3.81. The van der Waals surface area contributed by atoms with E-state index in [0.29, 0.717) is 0 Å². The van der Waals surface area contributed by atoms with Gasteiger partial charge in [0.1, 0.15) is 17.2 Å². The molecule has 0 bridgehead atoms. The fraction of sp³-hybridized carbons (Fsp3) is 0.217. The molecule has 1 N–H and O–H groups in total. The summed E-state index contributed by atoms with van der Waals surface area (Å²) < 4.78 is 3.95. The van der Waals surface area contributed by atoms with Crippen LogP contribution in [0, 0.1) is 6.92 Å².